The summed E-state index contributed by atoms with van der Waals surface area (Å²) in [5.74, 6) is -1.04. The summed E-state index contributed by atoms with van der Waals surface area (Å²) >= 11 is 0. The second-order valence-electron chi connectivity index (χ2n) is 4.14. The van der Waals surface area contributed by atoms with E-state index in [4.69, 9.17) is 0 Å². The van der Waals surface area contributed by atoms with Crippen molar-refractivity contribution in [1.29, 1.82) is 0 Å². The van der Waals surface area contributed by atoms with Crippen molar-refractivity contribution < 1.29 is 8.78 Å². The maximum atomic E-state index is 13.5. The Morgan fingerprint density at radius 2 is 2.06 bits per heavy atom. The predicted molar refractivity (Wildman–Crippen MR) is 67.5 cm³/mol. The summed E-state index contributed by atoms with van der Waals surface area (Å²) in [5, 5.41) is 0. The Kier molecular flexibility index (Phi) is 4.67. The van der Waals surface area contributed by atoms with Gasteiger partial charge in [0.1, 0.15) is 11.7 Å². The molecule has 1 heterocycles. The Morgan fingerprint density at radius 1 is 1.44 bits per heavy atom. The third kappa shape index (κ3) is 3.41. The molecular weight excluding hydrogens is 227 g/mol. The number of likely N-dealkylation sites (tertiary alicyclic amines) is 1. The smallest absolute Gasteiger partial charge is 0.130 e. The lowest BCUT2D eigenvalue weighted by atomic mass is 10.2. The molecule has 1 unspecified atom stereocenters. The molecular formula is C12H18F2NP. The molecule has 2 atom stereocenters. The zero-order chi connectivity index (χ0) is 12.3. The maximum Gasteiger partial charge on any atom is 0.130 e. The molecule has 4 heteroatoms. The van der Waals surface area contributed by atoms with Crippen molar-refractivity contribution >= 4 is 9.24 Å². The standard InChI is InChI=1S/C12H18F2NP/c1-8(15-5-4-11(16)7-15)6-12(14)9(2)10(3)13/h6,11H,1,4-5,7,16H2,2-3H3/b10-9+,12-6+/t11-/m0/s1. The lowest BCUT2D eigenvalue weighted by molar-refractivity contribution is 0.440. The van der Waals surface area contributed by atoms with Gasteiger partial charge in [0.2, 0.25) is 0 Å². The molecule has 0 spiro atoms. The molecule has 0 aromatic heterocycles. The highest BCUT2D eigenvalue weighted by Gasteiger charge is 2.19. The fraction of sp³-hybridized carbons (Fsp3) is 0.500. The minimum atomic E-state index is -0.544. The van der Waals surface area contributed by atoms with Gasteiger partial charge in [-0.15, -0.1) is 9.24 Å². The topological polar surface area (TPSA) is 3.24 Å². The summed E-state index contributed by atoms with van der Waals surface area (Å²) in [4.78, 5) is 2.01. The fourth-order valence-electron chi connectivity index (χ4n) is 1.56. The normalized spacial score (nSPS) is 23.4. The quantitative estimate of drug-likeness (QED) is 0.542. The summed E-state index contributed by atoms with van der Waals surface area (Å²) in [6.07, 6.45) is 2.37. The average molecular weight is 245 g/mol. The van der Waals surface area contributed by atoms with Gasteiger partial charge < -0.3 is 4.90 Å². The van der Waals surface area contributed by atoms with Crippen molar-refractivity contribution in [2.75, 3.05) is 13.1 Å². The van der Waals surface area contributed by atoms with Crippen LogP contribution in [-0.2, 0) is 0 Å². The van der Waals surface area contributed by atoms with E-state index < -0.39 is 11.7 Å². The Bertz CT molecular complexity index is 343. The zero-order valence-corrected chi connectivity index (χ0v) is 10.9. The number of rotatable bonds is 3. The monoisotopic (exact) mass is 245 g/mol. The van der Waals surface area contributed by atoms with E-state index in [0.717, 1.165) is 19.5 Å². The molecule has 1 aliphatic rings. The van der Waals surface area contributed by atoms with Crippen molar-refractivity contribution in [2.45, 2.75) is 25.9 Å². The van der Waals surface area contributed by atoms with Crippen LogP contribution in [0.1, 0.15) is 20.3 Å². The minimum absolute atomic E-state index is 0.0442. The maximum absolute atomic E-state index is 13.5. The highest BCUT2D eigenvalue weighted by molar-refractivity contribution is 7.17. The first-order chi connectivity index (χ1) is 7.41. The van der Waals surface area contributed by atoms with Crippen LogP contribution >= 0.6 is 9.24 Å². The van der Waals surface area contributed by atoms with Gasteiger partial charge in [0.25, 0.3) is 0 Å². The minimum Gasteiger partial charge on any atom is -0.371 e. The molecule has 0 amide bonds. The van der Waals surface area contributed by atoms with Crippen LogP contribution in [0, 0.1) is 0 Å². The number of hydrogen-bond donors (Lipinski definition) is 0. The van der Waals surface area contributed by atoms with E-state index in [2.05, 4.69) is 15.8 Å². The summed E-state index contributed by atoms with van der Waals surface area (Å²) in [5.41, 5.74) is 1.19. The molecule has 1 saturated heterocycles. The number of nitrogens with zero attached hydrogens (tertiary/aromatic N) is 1. The highest BCUT2D eigenvalue weighted by Crippen LogP contribution is 2.23. The zero-order valence-electron chi connectivity index (χ0n) is 9.76. The van der Waals surface area contributed by atoms with Crippen LogP contribution in [0.3, 0.4) is 0 Å². The molecule has 0 aromatic rings. The van der Waals surface area contributed by atoms with E-state index in [1.807, 2.05) is 4.90 Å². The highest BCUT2D eigenvalue weighted by atomic mass is 31.0. The fourth-order valence-corrected chi connectivity index (χ4v) is 1.96. The summed E-state index contributed by atoms with van der Waals surface area (Å²) in [7, 11) is 2.75. The first-order valence-corrected chi connectivity index (χ1v) is 5.98. The molecule has 1 rings (SSSR count). The Hall–Kier alpha value is -0.690. The van der Waals surface area contributed by atoms with Crippen molar-refractivity contribution in [3.05, 3.63) is 35.6 Å². The average Bonchev–Trinajstić information content (AvgIpc) is 2.63. The molecule has 0 aliphatic carbocycles. The van der Waals surface area contributed by atoms with Gasteiger partial charge in [-0.1, -0.05) is 6.58 Å². The van der Waals surface area contributed by atoms with E-state index in [1.165, 1.54) is 19.9 Å². The number of hydrogen-bond acceptors (Lipinski definition) is 1. The van der Waals surface area contributed by atoms with Gasteiger partial charge in [0.05, 0.1) is 0 Å². The second kappa shape index (κ2) is 5.58. The van der Waals surface area contributed by atoms with E-state index >= 15 is 0 Å². The molecule has 0 aromatic carbocycles. The molecule has 1 nitrogen and oxygen atoms in total. The van der Waals surface area contributed by atoms with Crippen molar-refractivity contribution in [3.63, 3.8) is 0 Å². The second-order valence-corrected chi connectivity index (χ2v) is 5.08. The van der Waals surface area contributed by atoms with E-state index in [-0.39, 0.29) is 5.57 Å². The molecule has 90 valence electrons. The van der Waals surface area contributed by atoms with Gasteiger partial charge >= 0.3 is 0 Å². The Labute approximate surface area is 98.1 Å². The first-order valence-electron chi connectivity index (χ1n) is 5.31. The van der Waals surface area contributed by atoms with E-state index in [1.54, 1.807) is 0 Å². The molecule has 0 saturated carbocycles. The lowest BCUT2D eigenvalue weighted by Crippen LogP contribution is -2.18. The van der Waals surface area contributed by atoms with Gasteiger partial charge in [0, 0.05) is 24.4 Å². The molecule has 16 heavy (non-hydrogen) atoms. The molecule has 0 N–H and O–H groups in total. The lowest BCUT2D eigenvalue weighted by Gasteiger charge is -2.18. The first kappa shape index (κ1) is 13.4. The van der Waals surface area contributed by atoms with E-state index in [0.29, 0.717) is 11.4 Å². The van der Waals surface area contributed by atoms with Crippen LogP contribution < -0.4 is 0 Å². The van der Waals surface area contributed by atoms with Crippen LogP contribution in [0.2, 0.25) is 0 Å². The Balaban J connectivity index is 2.70. The van der Waals surface area contributed by atoms with Crippen LogP contribution in [0.25, 0.3) is 0 Å². The SMILES string of the molecule is C=C(/C=C(F)\C(C)=C(/C)F)N1CC[C@H](P)C1. The van der Waals surface area contributed by atoms with Gasteiger partial charge in [-0.05, 0) is 32.0 Å². The van der Waals surface area contributed by atoms with Crippen LogP contribution in [0.4, 0.5) is 8.78 Å². The van der Waals surface area contributed by atoms with Crippen molar-refractivity contribution in [3.8, 4) is 0 Å². The van der Waals surface area contributed by atoms with Gasteiger partial charge in [-0.25, -0.2) is 8.78 Å². The van der Waals surface area contributed by atoms with Crippen molar-refractivity contribution in [1.82, 2.24) is 4.90 Å². The van der Waals surface area contributed by atoms with Gasteiger partial charge in [-0.2, -0.15) is 0 Å². The van der Waals surface area contributed by atoms with Crippen molar-refractivity contribution in [2.24, 2.45) is 0 Å². The summed E-state index contributed by atoms with van der Waals surface area (Å²) in [6.45, 7) is 8.23. The van der Waals surface area contributed by atoms with E-state index in [9.17, 15) is 8.78 Å². The number of halogens is 2. The third-order valence-electron chi connectivity index (χ3n) is 2.80. The predicted octanol–water partition coefficient (Wildman–Crippen LogP) is 3.57. The molecule has 1 fully saturated rings. The number of allylic oxidation sites excluding steroid dienone is 4. The molecule has 0 radical (unpaired) electrons. The van der Waals surface area contributed by atoms with Crippen LogP contribution in [0.15, 0.2) is 35.6 Å². The largest absolute Gasteiger partial charge is 0.371 e. The summed E-state index contributed by atoms with van der Waals surface area (Å²) < 4.78 is 26.3. The van der Waals surface area contributed by atoms with Gasteiger partial charge in [-0.3, -0.25) is 0 Å². The summed E-state index contributed by atoms with van der Waals surface area (Å²) in [6, 6.07) is 0. The van der Waals surface area contributed by atoms with Crippen LogP contribution in [0.5, 0.6) is 0 Å². The molecule has 1 aliphatic heterocycles. The third-order valence-corrected chi connectivity index (χ3v) is 3.34. The van der Waals surface area contributed by atoms with Gasteiger partial charge in [0.15, 0.2) is 0 Å². The Morgan fingerprint density at radius 3 is 2.50 bits per heavy atom. The van der Waals surface area contributed by atoms with Crippen LogP contribution in [-0.4, -0.2) is 23.6 Å². The molecule has 0 bridgehead atoms.